The highest BCUT2D eigenvalue weighted by molar-refractivity contribution is 5.60. The third-order valence-electron chi connectivity index (χ3n) is 4.14. The van der Waals surface area contributed by atoms with Crippen LogP contribution in [0.1, 0.15) is 18.2 Å². The van der Waals surface area contributed by atoms with E-state index in [4.69, 9.17) is 0 Å². The second-order valence-electron chi connectivity index (χ2n) is 5.82. The zero-order chi connectivity index (χ0) is 16.9. The molecule has 0 spiro atoms. The van der Waals surface area contributed by atoms with Crippen molar-refractivity contribution in [1.29, 1.82) is 5.26 Å². The van der Waals surface area contributed by atoms with E-state index in [1.165, 1.54) is 0 Å². The Bertz CT molecular complexity index is 743. The molecule has 1 N–H and O–H groups in total. The first-order chi connectivity index (χ1) is 11.7. The fraction of sp³-hybridized carbons (Fsp3) is 0.389. The normalized spacial score (nSPS) is 14.4. The minimum atomic E-state index is 0.685. The summed E-state index contributed by atoms with van der Waals surface area (Å²) >= 11 is 0. The molecule has 124 valence electrons. The zero-order valence-electron chi connectivity index (χ0n) is 14.2. The van der Waals surface area contributed by atoms with Crippen LogP contribution in [0.2, 0.25) is 0 Å². The molecule has 0 amide bonds. The lowest BCUT2D eigenvalue weighted by molar-refractivity contribution is 0.646. The largest absolute Gasteiger partial charge is 0.367 e. The highest BCUT2D eigenvalue weighted by Gasteiger charge is 2.20. The maximum Gasteiger partial charge on any atom is 0.224 e. The first-order valence-corrected chi connectivity index (χ1v) is 8.30. The minimum absolute atomic E-state index is 0.685. The molecule has 6 nitrogen and oxygen atoms in total. The van der Waals surface area contributed by atoms with Crippen LogP contribution in [0.25, 0.3) is 0 Å². The summed E-state index contributed by atoms with van der Waals surface area (Å²) in [7, 11) is 0. The number of nitrogens with zero attached hydrogens (tertiary/aromatic N) is 5. The van der Waals surface area contributed by atoms with Crippen LogP contribution in [0.5, 0.6) is 0 Å². The van der Waals surface area contributed by atoms with Gasteiger partial charge in [0.1, 0.15) is 11.9 Å². The summed E-state index contributed by atoms with van der Waals surface area (Å²) in [4.78, 5) is 13.6. The van der Waals surface area contributed by atoms with Crippen molar-refractivity contribution in [3.8, 4) is 6.07 Å². The van der Waals surface area contributed by atoms with Crippen molar-refractivity contribution in [3.63, 3.8) is 0 Å². The van der Waals surface area contributed by atoms with Crippen molar-refractivity contribution in [2.45, 2.75) is 13.8 Å². The maximum atomic E-state index is 9.28. The SMILES string of the molecule is CCNc1nc(C)cc(N2CCN(c3ccccc3C#N)CC2)n1. The van der Waals surface area contributed by atoms with E-state index in [9.17, 15) is 5.26 Å². The van der Waals surface area contributed by atoms with E-state index in [1.807, 2.05) is 44.2 Å². The van der Waals surface area contributed by atoms with Crippen LogP contribution in [0.3, 0.4) is 0 Å². The summed E-state index contributed by atoms with van der Waals surface area (Å²) in [6.07, 6.45) is 0. The molecule has 1 saturated heterocycles. The van der Waals surface area contributed by atoms with Crippen LogP contribution in [-0.4, -0.2) is 42.7 Å². The van der Waals surface area contributed by atoms with Crippen LogP contribution in [0.4, 0.5) is 17.5 Å². The Morgan fingerprint density at radius 3 is 2.54 bits per heavy atom. The quantitative estimate of drug-likeness (QED) is 0.932. The summed E-state index contributed by atoms with van der Waals surface area (Å²) in [6.45, 7) is 8.34. The van der Waals surface area contributed by atoms with Crippen LogP contribution in [-0.2, 0) is 0 Å². The lowest BCUT2D eigenvalue weighted by Gasteiger charge is -2.37. The first-order valence-electron chi connectivity index (χ1n) is 8.30. The van der Waals surface area contributed by atoms with Crippen molar-refractivity contribution in [3.05, 3.63) is 41.6 Å². The van der Waals surface area contributed by atoms with Crippen LogP contribution >= 0.6 is 0 Å². The molecule has 1 fully saturated rings. The molecule has 0 saturated carbocycles. The minimum Gasteiger partial charge on any atom is -0.367 e. The summed E-state index contributed by atoms with van der Waals surface area (Å²) < 4.78 is 0. The van der Waals surface area contributed by atoms with Gasteiger partial charge in [-0.2, -0.15) is 10.2 Å². The van der Waals surface area contributed by atoms with E-state index < -0.39 is 0 Å². The Balaban J connectivity index is 1.72. The van der Waals surface area contributed by atoms with E-state index >= 15 is 0 Å². The van der Waals surface area contributed by atoms with Gasteiger partial charge < -0.3 is 15.1 Å². The summed E-state index contributed by atoms with van der Waals surface area (Å²) in [6, 6.07) is 12.1. The molecule has 6 heteroatoms. The Labute approximate surface area is 142 Å². The Morgan fingerprint density at radius 2 is 1.83 bits per heavy atom. The van der Waals surface area contributed by atoms with Crippen molar-refractivity contribution in [2.75, 3.05) is 47.8 Å². The molecule has 2 aromatic rings. The van der Waals surface area contributed by atoms with Gasteiger partial charge in [-0.25, -0.2) is 4.98 Å². The van der Waals surface area contributed by atoms with Crippen molar-refractivity contribution in [1.82, 2.24) is 9.97 Å². The second-order valence-corrected chi connectivity index (χ2v) is 5.82. The smallest absolute Gasteiger partial charge is 0.224 e. The number of hydrogen-bond acceptors (Lipinski definition) is 6. The van der Waals surface area contributed by atoms with E-state index in [0.29, 0.717) is 5.95 Å². The molecule has 1 aromatic heterocycles. The number of rotatable bonds is 4. The molecule has 2 heterocycles. The summed E-state index contributed by atoms with van der Waals surface area (Å²) in [5.74, 6) is 1.65. The monoisotopic (exact) mass is 322 g/mol. The van der Waals surface area contributed by atoms with Crippen LogP contribution in [0, 0.1) is 18.3 Å². The van der Waals surface area contributed by atoms with Crippen molar-refractivity contribution < 1.29 is 0 Å². The second kappa shape index (κ2) is 7.18. The van der Waals surface area contributed by atoms with Gasteiger partial charge in [-0.15, -0.1) is 0 Å². The number of hydrogen-bond donors (Lipinski definition) is 1. The lowest BCUT2D eigenvalue weighted by atomic mass is 10.1. The summed E-state index contributed by atoms with van der Waals surface area (Å²) in [5.41, 5.74) is 2.72. The third-order valence-corrected chi connectivity index (χ3v) is 4.14. The number of nitrogens with one attached hydrogen (secondary N) is 1. The maximum absolute atomic E-state index is 9.28. The van der Waals surface area contributed by atoms with Gasteiger partial charge in [-0.3, -0.25) is 0 Å². The van der Waals surface area contributed by atoms with E-state index in [2.05, 4.69) is 31.2 Å². The molecule has 0 radical (unpaired) electrons. The lowest BCUT2D eigenvalue weighted by Crippen LogP contribution is -2.47. The van der Waals surface area contributed by atoms with Gasteiger partial charge in [-0.05, 0) is 26.0 Å². The molecule has 1 aliphatic rings. The summed E-state index contributed by atoms with van der Waals surface area (Å²) in [5, 5.41) is 12.5. The highest BCUT2D eigenvalue weighted by atomic mass is 15.3. The molecule has 3 rings (SSSR count). The van der Waals surface area contributed by atoms with Crippen molar-refractivity contribution in [2.24, 2.45) is 0 Å². The number of nitriles is 1. The fourth-order valence-electron chi connectivity index (χ4n) is 2.97. The first kappa shape index (κ1) is 16.1. The Morgan fingerprint density at radius 1 is 1.12 bits per heavy atom. The molecule has 0 aliphatic carbocycles. The standard InChI is InChI=1S/C18H22N6/c1-3-20-18-21-14(2)12-17(22-18)24-10-8-23(9-11-24)16-7-5-4-6-15(16)13-19/h4-7,12H,3,8-11H2,1-2H3,(H,20,21,22). The van der Waals surface area contributed by atoms with Gasteiger partial charge in [0.15, 0.2) is 0 Å². The topological polar surface area (TPSA) is 68.1 Å². The highest BCUT2D eigenvalue weighted by Crippen LogP contribution is 2.23. The van der Waals surface area contributed by atoms with Gasteiger partial charge in [0.2, 0.25) is 5.95 Å². The molecule has 0 bridgehead atoms. The Kier molecular flexibility index (Phi) is 4.80. The number of aromatic nitrogens is 2. The van der Waals surface area contributed by atoms with Gasteiger partial charge in [0, 0.05) is 44.5 Å². The third kappa shape index (κ3) is 3.40. The number of benzene rings is 1. The van der Waals surface area contributed by atoms with E-state index in [1.54, 1.807) is 0 Å². The van der Waals surface area contributed by atoms with Gasteiger partial charge in [0.25, 0.3) is 0 Å². The van der Waals surface area contributed by atoms with Crippen molar-refractivity contribution >= 4 is 17.5 Å². The van der Waals surface area contributed by atoms with Gasteiger partial charge >= 0.3 is 0 Å². The van der Waals surface area contributed by atoms with Crippen LogP contribution in [0.15, 0.2) is 30.3 Å². The molecule has 24 heavy (non-hydrogen) atoms. The number of aryl methyl sites for hydroxylation is 1. The molecular weight excluding hydrogens is 300 g/mol. The average Bonchev–Trinajstić information content (AvgIpc) is 2.61. The fourth-order valence-corrected chi connectivity index (χ4v) is 2.97. The molecule has 0 atom stereocenters. The van der Waals surface area contributed by atoms with Crippen LogP contribution < -0.4 is 15.1 Å². The number of piperazine rings is 1. The average molecular weight is 322 g/mol. The van der Waals surface area contributed by atoms with Gasteiger partial charge in [-0.1, -0.05) is 12.1 Å². The predicted molar refractivity (Wildman–Crippen MR) is 96.5 cm³/mol. The van der Waals surface area contributed by atoms with E-state index in [0.717, 1.165) is 55.5 Å². The zero-order valence-corrected chi connectivity index (χ0v) is 14.2. The number of anilines is 3. The predicted octanol–water partition coefficient (Wildman–Crippen LogP) is 2.42. The molecule has 1 aliphatic heterocycles. The molecule has 1 aromatic carbocycles. The molecular formula is C18H22N6. The number of para-hydroxylation sites is 1. The Hall–Kier alpha value is -2.81. The molecule has 0 unspecified atom stereocenters. The van der Waals surface area contributed by atoms with E-state index in [-0.39, 0.29) is 0 Å². The van der Waals surface area contributed by atoms with Gasteiger partial charge in [0.05, 0.1) is 11.3 Å².